The molecule has 0 saturated carbocycles. The maximum absolute atomic E-state index is 5.72. The standard InChI is InChI=1S/C11H11N3OS/c1-2-3-8-6-9(12)4-5-10(8)15-11-13-7-14-16-11/h2,4-7H,1,3,12H2. The van der Waals surface area contributed by atoms with Crippen molar-refractivity contribution in [2.45, 2.75) is 6.42 Å². The van der Waals surface area contributed by atoms with E-state index in [1.807, 2.05) is 18.2 Å². The fraction of sp³-hybridized carbons (Fsp3) is 0.0909. The van der Waals surface area contributed by atoms with Gasteiger partial charge in [0.25, 0.3) is 5.19 Å². The van der Waals surface area contributed by atoms with Crippen LogP contribution in [0.25, 0.3) is 0 Å². The van der Waals surface area contributed by atoms with E-state index < -0.39 is 0 Å². The molecule has 5 heteroatoms. The summed E-state index contributed by atoms with van der Waals surface area (Å²) in [7, 11) is 0. The molecule has 16 heavy (non-hydrogen) atoms. The first kappa shape index (κ1) is 10.6. The maximum Gasteiger partial charge on any atom is 0.298 e. The van der Waals surface area contributed by atoms with Crippen LogP contribution < -0.4 is 10.5 Å². The lowest BCUT2D eigenvalue weighted by molar-refractivity contribution is 0.474. The molecule has 0 bridgehead atoms. The molecule has 1 aromatic carbocycles. The summed E-state index contributed by atoms with van der Waals surface area (Å²) in [6.45, 7) is 3.70. The monoisotopic (exact) mass is 233 g/mol. The molecule has 0 fully saturated rings. The van der Waals surface area contributed by atoms with Crippen molar-refractivity contribution < 1.29 is 4.74 Å². The highest BCUT2D eigenvalue weighted by atomic mass is 32.1. The van der Waals surface area contributed by atoms with Crippen LogP contribution in [0, 0.1) is 0 Å². The number of anilines is 1. The lowest BCUT2D eigenvalue weighted by Crippen LogP contribution is -1.93. The molecule has 0 amide bonds. The normalized spacial score (nSPS) is 10.0. The second-order valence-corrected chi connectivity index (χ2v) is 3.91. The fourth-order valence-corrected chi connectivity index (χ4v) is 1.72. The average Bonchev–Trinajstić information content (AvgIpc) is 2.75. The summed E-state index contributed by atoms with van der Waals surface area (Å²) in [4.78, 5) is 3.96. The van der Waals surface area contributed by atoms with Crippen LogP contribution in [0.5, 0.6) is 10.9 Å². The van der Waals surface area contributed by atoms with Gasteiger partial charge in [0.2, 0.25) is 0 Å². The van der Waals surface area contributed by atoms with E-state index in [0.717, 1.165) is 11.3 Å². The van der Waals surface area contributed by atoms with Gasteiger partial charge in [-0.05, 0) is 24.6 Å². The van der Waals surface area contributed by atoms with Crippen LogP contribution in [0.3, 0.4) is 0 Å². The first-order valence-electron chi connectivity index (χ1n) is 4.73. The molecular formula is C11H11N3OS. The number of rotatable bonds is 4. The van der Waals surface area contributed by atoms with E-state index in [4.69, 9.17) is 10.5 Å². The Bertz CT molecular complexity index is 482. The topological polar surface area (TPSA) is 61.0 Å². The highest BCUT2D eigenvalue weighted by Crippen LogP contribution is 2.27. The highest BCUT2D eigenvalue weighted by Gasteiger charge is 2.06. The second-order valence-electron chi connectivity index (χ2n) is 3.17. The van der Waals surface area contributed by atoms with Crippen molar-refractivity contribution >= 4 is 17.2 Å². The molecule has 82 valence electrons. The van der Waals surface area contributed by atoms with Crippen molar-refractivity contribution in [1.82, 2.24) is 9.36 Å². The van der Waals surface area contributed by atoms with Gasteiger partial charge in [-0.1, -0.05) is 6.08 Å². The van der Waals surface area contributed by atoms with Crippen LogP contribution in [-0.2, 0) is 6.42 Å². The van der Waals surface area contributed by atoms with Crippen molar-refractivity contribution in [2.24, 2.45) is 0 Å². The Balaban J connectivity index is 2.28. The average molecular weight is 233 g/mol. The predicted molar refractivity (Wildman–Crippen MR) is 64.7 cm³/mol. The molecule has 0 atom stereocenters. The Morgan fingerprint density at radius 3 is 3.06 bits per heavy atom. The molecule has 0 aliphatic rings. The van der Waals surface area contributed by atoms with E-state index in [1.54, 1.807) is 6.07 Å². The van der Waals surface area contributed by atoms with Gasteiger partial charge in [-0.2, -0.15) is 9.36 Å². The Morgan fingerprint density at radius 2 is 2.38 bits per heavy atom. The van der Waals surface area contributed by atoms with Crippen LogP contribution >= 0.6 is 11.5 Å². The number of nitrogens with zero attached hydrogens (tertiary/aromatic N) is 2. The predicted octanol–water partition coefficient (Wildman–Crippen LogP) is 2.64. The van der Waals surface area contributed by atoms with Crippen molar-refractivity contribution in [2.75, 3.05) is 5.73 Å². The van der Waals surface area contributed by atoms with Crippen LogP contribution in [0.1, 0.15) is 5.56 Å². The number of hydrogen-bond acceptors (Lipinski definition) is 5. The summed E-state index contributed by atoms with van der Waals surface area (Å²) < 4.78 is 9.47. The Hall–Kier alpha value is -1.88. The van der Waals surface area contributed by atoms with Gasteiger partial charge in [0.15, 0.2) is 0 Å². The van der Waals surface area contributed by atoms with Crippen molar-refractivity contribution in [3.8, 4) is 10.9 Å². The molecule has 2 aromatic rings. The summed E-state index contributed by atoms with van der Waals surface area (Å²) in [5.74, 6) is 0.742. The number of benzene rings is 1. The zero-order chi connectivity index (χ0) is 11.4. The largest absolute Gasteiger partial charge is 0.430 e. The van der Waals surface area contributed by atoms with E-state index in [-0.39, 0.29) is 0 Å². The minimum atomic E-state index is 0.523. The van der Waals surface area contributed by atoms with Crippen LogP contribution in [0.15, 0.2) is 37.2 Å². The molecule has 2 N–H and O–H groups in total. The number of allylic oxidation sites excluding steroid dienone is 1. The molecule has 4 nitrogen and oxygen atoms in total. The van der Waals surface area contributed by atoms with Crippen molar-refractivity contribution in [3.05, 3.63) is 42.7 Å². The molecule has 1 aromatic heterocycles. The van der Waals surface area contributed by atoms with Gasteiger partial charge in [0.1, 0.15) is 12.1 Å². The van der Waals surface area contributed by atoms with Gasteiger partial charge in [-0.25, -0.2) is 0 Å². The third kappa shape index (κ3) is 2.38. The Morgan fingerprint density at radius 1 is 1.50 bits per heavy atom. The quantitative estimate of drug-likeness (QED) is 0.651. The number of ether oxygens (including phenoxy) is 1. The summed E-state index contributed by atoms with van der Waals surface area (Å²) in [5.41, 5.74) is 7.42. The van der Waals surface area contributed by atoms with E-state index in [2.05, 4.69) is 15.9 Å². The van der Waals surface area contributed by atoms with Crippen molar-refractivity contribution in [1.29, 1.82) is 0 Å². The molecule has 1 heterocycles. The Labute approximate surface area is 97.6 Å². The molecule has 0 aliphatic carbocycles. The van der Waals surface area contributed by atoms with Gasteiger partial charge in [-0.15, -0.1) is 6.58 Å². The van der Waals surface area contributed by atoms with Crippen LogP contribution in [0.4, 0.5) is 5.69 Å². The summed E-state index contributed by atoms with van der Waals surface area (Å²) >= 11 is 1.21. The minimum Gasteiger partial charge on any atom is -0.430 e. The molecular weight excluding hydrogens is 222 g/mol. The smallest absolute Gasteiger partial charge is 0.298 e. The van der Waals surface area contributed by atoms with E-state index in [9.17, 15) is 0 Å². The van der Waals surface area contributed by atoms with Crippen LogP contribution in [0.2, 0.25) is 0 Å². The Kier molecular flexibility index (Phi) is 3.16. The number of nitrogens with two attached hydrogens (primary N) is 1. The summed E-state index contributed by atoms with van der Waals surface area (Å²) in [5, 5.41) is 0.523. The third-order valence-corrected chi connectivity index (χ3v) is 2.53. The molecule has 0 spiro atoms. The van der Waals surface area contributed by atoms with Crippen LogP contribution in [-0.4, -0.2) is 9.36 Å². The number of aromatic nitrogens is 2. The first-order chi connectivity index (χ1) is 7.79. The lowest BCUT2D eigenvalue weighted by Gasteiger charge is -2.07. The highest BCUT2D eigenvalue weighted by molar-refractivity contribution is 7.07. The van der Waals surface area contributed by atoms with E-state index >= 15 is 0 Å². The van der Waals surface area contributed by atoms with Gasteiger partial charge in [0.05, 0.1) is 0 Å². The molecule has 0 radical (unpaired) electrons. The fourth-order valence-electron chi connectivity index (χ4n) is 1.32. The second kappa shape index (κ2) is 4.76. The third-order valence-electron chi connectivity index (χ3n) is 1.99. The van der Waals surface area contributed by atoms with Crippen molar-refractivity contribution in [3.63, 3.8) is 0 Å². The van der Waals surface area contributed by atoms with Gasteiger partial charge >= 0.3 is 0 Å². The first-order valence-corrected chi connectivity index (χ1v) is 5.51. The molecule has 0 unspecified atom stereocenters. The molecule has 0 saturated heterocycles. The number of hydrogen-bond donors (Lipinski definition) is 1. The van der Waals surface area contributed by atoms with Gasteiger partial charge in [0, 0.05) is 22.8 Å². The van der Waals surface area contributed by atoms with E-state index in [1.165, 1.54) is 17.9 Å². The zero-order valence-electron chi connectivity index (χ0n) is 8.59. The van der Waals surface area contributed by atoms with Gasteiger partial charge < -0.3 is 10.5 Å². The molecule has 2 rings (SSSR count). The summed E-state index contributed by atoms with van der Waals surface area (Å²) in [6.07, 6.45) is 3.98. The van der Waals surface area contributed by atoms with Gasteiger partial charge in [-0.3, -0.25) is 0 Å². The minimum absolute atomic E-state index is 0.523. The van der Waals surface area contributed by atoms with E-state index in [0.29, 0.717) is 17.3 Å². The SMILES string of the molecule is C=CCc1cc(N)ccc1Oc1ncns1. The zero-order valence-corrected chi connectivity index (χ0v) is 9.41. The lowest BCUT2D eigenvalue weighted by atomic mass is 10.1. The maximum atomic E-state index is 5.72. The summed E-state index contributed by atoms with van der Waals surface area (Å²) in [6, 6.07) is 5.50. The number of nitrogen functional groups attached to an aromatic ring is 1. The molecule has 0 aliphatic heterocycles.